The molecule has 132 valence electrons. The number of halogens is 2. The molecule has 0 aliphatic carbocycles. The lowest BCUT2D eigenvalue weighted by molar-refractivity contribution is 0.501. The van der Waals surface area contributed by atoms with E-state index in [1.165, 1.54) is 0 Å². The summed E-state index contributed by atoms with van der Waals surface area (Å²) in [6.45, 7) is 8.15. The molecule has 2 aromatic rings. The Labute approximate surface area is 165 Å². The third-order valence-corrected chi connectivity index (χ3v) is 3.61. The number of guanidine groups is 1. The zero-order valence-electron chi connectivity index (χ0n) is 14.2. The van der Waals surface area contributed by atoms with Crippen molar-refractivity contribution >= 4 is 41.5 Å². The van der Waals surface area contributed by atoms with Crippen LogP contribution in [0.4, 0.5) is 0 Å². The first-order valence-corrected chi connectivity index (χ1v) is 8.14. The second kappa shape index (κ2) is 10.6. The van der Waals surface area contributed by atoms with E-state index in [4.69, 9.17) is 16.0 Å². The van der Waals surface area contributed by atoms with Crippen molar-refractivity contribution in [1.29, 1.82) is 0 Å². The molecule has 7 heteroatoms. The summed E-state index contributed by atoms with van der Waals surface area (Å²) in [5.41, 5.74) is 2.25. The van der Waals surface area contributed by atoms with Gasteiger partial charge >= 0.3 is 0 Å². The van der Waals surface area contributed by atoms with Gasteiger partial charge in [-0.05, 0) is 44.9 Å². The smallest absolute Gasteiger partial charge is 0.191 e. The van der Waals surface area contributed by atoms with Crippen LogP contribution >= 0.6 is 35.6 Å². The van der Waals surface area contributed by atoms with Crippen molar-refractivity contribution in [1.82, 2.24) is 15.6 Å². The third kappa shape index (κ3) is 6.68. The Morgan fingerprint density at radius 2 is 2.08 bits per heavy atom. The van der Waals surface area contributed by atoms with Crippen LogP contribution < -0.4 is 10.6 Å². The minimum Gasteiger partial charge on any atom is -0.466 e. The topological polar surface area (TPSA) is 62.5 Å². The molecule has 2 aromatic heterocycles. The number of hydrogen-bond donors (Lipinski definition) is 2. The van der Waals surface area contributed by atoms with Crippen LogP contribution in [0.5, 0.6) is 0 Å². The normalized spacial score (nSPS) is 11.1. The number of furan rings is 1. The van der Waals surface area contributed by atoms with Crippen molar-refractivity contribution < 1.29 is 4.42 Å². The van der Waals surface area contributed by atoms with Crippen LogP contribution in [-0.4, -0.2) is 24.0 Å². The summed E-state index contributed by atoms with van der Waals surface area (Å²) in [5, 5.41) is 7.09. The van der Waals surface area contributed by atoms with Gasteiger partial charge in [0.05, 0.1) is 6.54 Å². The standard InChI is InChI=1S/C17H23ClN4O.HI/c1-4-19-17(22-11-15-9-12(2)23-13(15)3)20-8-7-14-5-6-16(18)21-10-14;/h5-6,9-10H,4,7-8,11H2,1-3H3,(H2,19,20,22);1H. The monoisotopic (exact) mass is 462 g/mol. The zero-order chi connectivity index (χ0) is 16.7. The predicted octanol–water partition coefficient (Wildman–Crippen LogP) is 3.86. The van der Waals surface area contributed by atoms with E-state index in [0.717, 1.165) is 48.1 Å². The van der Waals surface area contributed by atoms with Gasteiger partial charge in [-0.1, -0.05) is 17.7 Å². The van der Waals surface area contributed by atoms with Gasteiger partial charge in [0.15, 0.2) is 5.96 Å². The molecule has 24 heavy (non-hydrogen) atoms. The van der Waals surface area contributed by atoms with Gasteiger partial charge < -0.3 is 15.1 Å². The van der Waals surface area contributed by atoms with Crippen LogP contribution in [0.25, 0.3) is 0 Å². The number of nitrogens with zero attached hydrogens (tertiary/aromatic N) is 2. The molecule has 0 fully saturated rings. The minimum absolute atomic E-state index is 0. The van der Waals surface area contributed by atoms with E-state index in [0.29, 0.717) is 11.7 Å². The molecule has 0 spiro atoms. The molecule has 0 saturated heterocycles. The first-order valence-electron chi connectivity index (χ1n) is 7.77. The van der Waals surface area contributed by atoms with E-state index >= 15 is 0 Å². The molecule has 0 aliphatic heterocycles. The summed E-state index contributed by atoms with van der Waals surface area (Å²) in [4.78, 5) is 8.68. The Kier molecular flexibility index (Phi) is 9.13. The average Bonchev–Trinajstić information content (AvgIpc) is 2.84. The molecule has 2 N–H and O–H groups in total. The van der Waals surface area contributed by atoms with Crippen LogP contribution in [-0.2, 0) is 13.0 Å². The highest BCUT2D eigenvalue weighted by molar-refractivity contribution is 14.0. The average molecular weight is 463 g/mol. The number of nitrogens with one attached hydrogen (secondary N) is 2. The molecule has 5 nitrogen and oxygen atoms in total. The fourth-order valence-electron chi connectivity index (χ4n) is 2.23. The van der Waals surface area contributed by atoms with Crippen molar-refractivity contribution in [3.05, 3.63) is 52.2 Å². The summed E-state index contributed by atoms with van der Waals surface area (Å²) in [7, 11) is 0. The van der Waals surface area contributed by atoms with Crippen molar-refractivity contribution in [2.45, 2.75) is 33.7 Å². The van der Waals surface area contributed by atoms with Crippen LogP contribution in [0.1, 0.15) is 29.6 Å². The number of aliphatic imine (C=N–C) groups is 1. The van der Waals surface area contributed by atoms with Crippen LogP contribution in [0.2, 0.25) is 5.15 Å². The number of rotatable bonds is 6. The Bertz CT molecular complexity index is 655. The number of aromatic nitrogens is 1. The quantitative estimate of drug-likeness (QED) is 0.296. The molecule has 0 aromatic carbocycles. The highest BCUT2D eigenvalue weighted by Gasteiger charge is 2.04. The first kappa shape index (κ1) is 20.8. The maximum Gasteiger partial charge on any atom is 0.191 e. The van der Waals surface area contributed by atoms with Crippen LogP contribution in [0, 0.1) is 13.8 Å². The second-order valence-electron chi connectivity index (χ2n) is 5.30. The van der Waals surface area contributed by atoms with Gasteiger partial charge in [0.2, 0.25) is 0 Å². The Hall–Kier alpha value is -1.28. The van der Waals surface area contributed by atoms with Crippen molar-refractivity contribution in [2.24, 2.45) is 4.99 Å². The fraction of sp³-hybridized carbons (Fsp3) is 0.412. The Morgan fingerprint density at radius 1 is 1.29 bits per heavy atom. The lowest BCUT2D eigenvalue weighted by Gasteiger charge is -2.11. The van der Waals surface area contributed by atoms with Gasteiger partial charge in [-0.3, -0.25) is 0 Å². The van der Waals surface area contributed by atoms with Gasteiger partial charge in [0.25, 0.3) is 0 Å². The van der Waals surface area contributed by atoms with Crippen molar-refractivity contribution in [2.75, 3.05) is 13.1 Å². The number of pyridine rings is 1. The van der Waals surface area contributed by atoms with Crippen molar-refractivity contribution in [3.8, 4) is 0 Å². The van der Waals surface area contributed by atoms with Crippen LogP contribution in [0.15, 0.2) is 33.8 Å². The van der Waals surface area contributed by atoms with Gasteiger partial charge in [-0.15, -0.1) is 24.0 Å². The molecule has 0 bridgehead atoms. The van der Waals surface area contributed by atoms with Gasteiger partial charge in [0.1, 0.15) is 16.7 Å². The highest BCUT2D eigenvalue weighted by atomic mass is 127. The summed E-state index contributed by atoms with van der Waals surface area (Å²) < 4.78 is 5.53. The lowest BCUT2D eigenvalue weighted by atomic mass is 10.2. The van der Waals surface area contributed by atoms with E-state index < -0.39 is 0 Å². The maximum atomic E-state index is 5.79. The lowest BCUT2D eigenvalue weighted by Crippen LogP contribution is -2.38. The molecule has 2 heterocycles. The molecular formula is C17H24ClIN4O. The first-order chi connectivity index (χ1) is 11.1. The summed E-state index contributed by atoms with van der Waals surface area (Å²) >= 11 is 5.79. The molecule has 2 rings (SSSR count). The number of hydrogen-bond acceptors (Lipinski definition) is 3. The van der Waals surface area contributed by atoms with E-state index in [9.17, 15) is 0 Å². The van der Waals surface area contributed by atoms with Gasteiger partial charge in [0, 0.05) is 24.8 Å². The van der Waals surface area contributed by atoms with E-state index in [2.05, 4.69) is 20.6 Å². The zero-order valence-corrected chi connectivity index (χ0v) is 17.3. The highest BCUT2D eigenvalue weighted by Crippen LogP contribution is 2.14. The number of aryl methyl sites for hydroxylation is 2. The molecular weight excluding hydrogens is 439 g/mol. The van der Waals surface area contributed by atoms with E-state index in [1.54, 1.807) is 12.3 Å². The summed E-state index contributed by atoms with van der Waals surface area (Å²) in [6, 6.07) is 5.82. The maximum absolute atomic E-state index is 5.79. The predicted molar refractivity (Wildman–Crippen MR) is 109 cm³/mol. The largest absolute Gasteiger partial charge is 0.466 e. The molecule has 0 atom stereocenters. The third-order valence-electron chi connectivity index (χ3n) is 3.39. The Balaban J connectivity index is 0.00000288. The fourth-order valence-corrected chi connectivity index (χ4v) is 2.34. The summed E-state index contributed by atoms with van der Waals surface area (Å²) in [6.07, 6.45) is 2.66. The van der Waals surface area contributed by atoms with Gasteiger partial charge in [-0.2, -0.15) is 0 Å². The summed E-state index contributed by atoms with van der Waals surface area (Å²) in [5.74, 6) is 2.64. The molecule has 0 unspecified atom stereocenters. The van der Waals surface area contributed by atoms with E-state index in [-0.39, 0.29) is 24.0 Å². The van der Waals surface area contributed by atoms with Crippen LogP contribution in [0.3, 0.4) is 0 Å². The molecule has 0 radical (unpaired) electrons. The van der Waals surface area contributed by atoms with Gasteiger partial charge in [-0.25, -0.2) is 9.98 Å². The Morgan fingerprint density at radius 3 is 2.67 bits per heavy atom. The second-order valence-corrected chi connectivity index (χ2v) is 5.69. The SMILES string of the molecule is CCNC(=NCc1cc(C)oc1C)NCCc1ccc(Cl)nc1.I. The minimum atomic E-state index is 0. The molecule has 0 aliphatic rings. The molecule has 0 saturated carbocycles. The van der Waals surface area contributed by atoms with E-state index in [1.807, 2.05) is 32.9 Å². The molecule has 0 amide bonds. The van der Waals surface area contributed by atoms with Crippen molar-refractivity contribution in [3.63, 3.8) is 0 Å².